The molecule has 0 saturated carbocycles. The molecule has 1 heterocycles. The maximum atomic E-state index is 12.0. The summed E-state index contributed by atoms with van der Waals surface area (Å²) in [7, 11) is 0. The highest BCUT2D eigenvalue weighted by Crippen LogP contribution is 2.40. The quantitative estimate of drug-likeness (QED) is 0.550. The van der Waals surface area contributed by atoms with Crippen LogP contribution in [0.25, 0.3) is 0 Å². The van der Waals surface area contributed by atoms with E-state index in [1.54, 1.807) is 0 Å². The van der Waals surface area contributed by atoms with Gasteiger partial charge in [-0.1, -0.05) is 0 Å². The van der Waals surface area contributed by atoms with Crippen molar-refractivity contribution in [3.63, 3.8) is 0 Å². The topological polar surface area (TPSA) is 18.5 Å². The second-order valence-electron chi connectivity index (χ2n) is 2.01. The van der Waals surface area contributed by atoms with Gasteiger partial charge in [0.1, 0.15) is 0 Å². The third-order valence-electron chi connectivity index (χ3n) is 1.09. The summed E-state index contributed by atoms with van der Waals surface area (Å²) in [5.41, 5.74) is 0. The van der Waals surface area contributed by atoms with E-state index in [1.165, 1.54) is 0 Å². The first-order valence-electron chi connectivity index (χ1n) is 2.65. The summed E-state index contributed by atoms with van der Waals surface area (Å²) in [5, 5.41) is 0. The molecule has 1 saturated heterocycles. The molecule has 2 unspecified atom stereocenters. The molecule has 0 aromatic carbocycles. The molecule has 0 aromatic rings. The molecule has 0 aromatic heterocycles. The van der Waals surface area contributed by atoms with E-state index in [0.29, 0.717) is 0 Å². The molecule has 0 spiro atoms. The van der Waals surface area contributed by atoms with Crippen molar-refractivity contribution in [2.45, 2.75) is 24.9 Å². The van der Waals surface area contributed by atoms with Crippen molar-refractivity contribution in [2.75, 3.05) is 0 Å². The van der Waals surface area contributed by atoms with E-state index in [2.05, 4.69) is 9.47 Å². The Hall–Kier alpha value is -0.500. The zero-order chi connectivity index (χ0) is 9.57. The molecule has 1 rings (SSSR count). The first-order chi connectivity index (χ1) is 5.26. The molecule has 8 heteroatoms. The number of hydrogen-bond donors (Lipinski definition) is 0. The molecule has 1 aliphatic heterocycles. The van der Waals surface area contributed by atoms with Crippen LogP contribution in [0.5, 0.6) is 0 Å². The molecular formula is C4H2F6O2. The van der Waals surface area contributed by atoms with Crippen molar-refractivity contribution >= 4 is 0 Å². The molecular weight excluding hydrogens is 194 g/mol. The summed E-state index contributed by atoms with van der Waals surface area (Å²) in [6.07, 6.45) is -12.1. The van der Waals surface area contributed by atoms with Crippen LogP contribution >= 0.6 is 0 Å². The highest BCUT2D eigenvalue weighted by atomic mass is 19.3. The second kappa shape index (κ2) is 2.49. The maximum absolute atomic E-state index is 12.0. The lowest BCUT2D eigenvalue weighted by atomic mass is 10.3. The Morgan fingerprint density at radius 3 is 1.50 bits per heavy atom. The molecule has 2 nitrogen and oxygen atoms in total. The third kappa shape index (κ3) is 1.48. The van der Waals surface area contributed by atoms with Crippen molar-refractivity contribution in [3.05, 3.63) is 0 Å². The van der Waals surface area contributed by atoms with Crippen LogP contribution in [-0.4, -0.2) is 24.9 Å². The monoisotopic (exact) mass is 196 g/mol. The third-order valence-corrected chi connectivity index (χ3v) is 1.09. The van der Waals surface area contributed by atoms with Gasteiger partial charge in [0.15, 0.2) is 0 Å². The van der Waals surface area contributed by atoms with Gasteiger partial charge in [-0.3, -0.25) is 9.47 Å². The zero-order valence-electron chi connectivity index (χ0n) is 5.24. The van der Waals surface area contributed by atoms with E-state index < -0.39 is 24.9 Å². The highest BCUT2D eigenvalue weighted by molar-refractivity contribution is 4.77. The van der Waals surface area contributed by atoms with E-state index in [1.807, 2.05) is 0 Å². The molecule has 2 atom stereocenters. The van der Waals surface area contributed by atoms with E-state index in [0.717, 1.165) is 0 Å². The first kappa shape index (κ1) is 9.59. The Bertz CT molecular complexity index is 166. The molecule has 0 bridgehead atoms. The number of ether oxygens (including phenoxy) is 2. The van der Waals surface area contributed by atoms with Gasteiger partial charge in [-0.25, -0.2) is 8.78 Å². The Labute approximate surface area is 62.0 Å². The van der Waals surface area contributed by atoms with Crippen LogP contribution in [0.15, 0.2) is 0 Å². The van der Waals surface area contributed by atoms with Gasteiger partial charge in [-0.05, 0) is 0 Å². The van der Waals surface area contributed by atoms with Crippen LogP contribution in [0.2, 0.25) is 0 Å². The number of halogens is 6. The fourth-order valence-electron chi connectivity index (χ4n) is 0.529. The van der Waals surface area contributed by atoms with Crippen LogP contribution in [0, 0.1) is 0 Å². The SMILES string of the molecule is FC1OC(F)(F)OC(F)C1(F)F. The van der Waals surface area contributed by atoms with Gasteiger partial charge in [0.25, 0.3) is 12.7 Å². The van der Waals surface area contributed by atoms with Gasteiger partial charge in [0.2, 0.25) is 0 Å². The minimum absolute atomic E-state index is 2.75. The molecule has 1 fully saturated rings. The van der Waals surface area contributed by atoms with Crippen molar-refractivity contribution in [2.24, 2.45) is 0 Å². The Morgan fingerprint density at radius 1 is 0.833 bits per heavy atom. The summed E-state index contributed by atoms with van der Waals surface area (Å²) in [6.45, 7) is 0. The fourth-order valence-corrected chi connectivity index (χ4v) is 0.529. The fraction of sp³-hybridized carbons (Fsp3) is 1.00. The standard InChI is InChI=1S/C4H2F6O2/c5-1-3(7,8)2(6)12-4(9,10)11-1/h1-2H. The Balaban J connectivity index is 2.78. The van der Waals surface area contributed by atoms with Crippen LogP contribution in [0.1, 0.15) is 0 Å². The summed E-state index contributed by atoms with van der Waals surface area (Å²) >= 11 is 0. The van der Waals surface area contributed by atoms with Gasteiger partial charge in [0, 0.05) is 0 Å². The summed E-state index contributed by atoms with van der Waals surface area (Å²) in [6, 6.07) is 0. The minimum atomic E-state index is -4.71. The smallest absolute Gasteiger partial charge is 0.254 e. The normalized spacial score (nSPS) is 39.5. The molecule has 1 aliphatic rings. The molecule has 12 heavy (non-hydrogen) atoms. The minimum Gasteiger partial charge on any atom is -0.254 e. The van der Waals surface area contributed by atoms with Gasteiger partial charge < -0.3 is 0 Å². The molecule has 72 valence electrons. The first-order valence-corrected chi connectivity index (χ1v) is 2.65. The number of rotatable bonds is 0. The van der Waals surface area contributed by atoms with E-state index >= 15 is 0 Å². The van der Waals surface area contributed by atoms with E-state index in [4.69, 9.17) is 0 Å². The molecule has 0 radical (unpaired) electrons. The largest absolute Gasteiger partial charge is 0.490 e. The lowest BCUT2D eigenvalue weighted by Crippen LogP contribution is -2.54. The summed E-state index contributed by atoms with van der Waals surface area (Å²) < 4.78 is 76.9. The van der Waals surface area contributed by atoms with E-state index in [9.17, 15) is 26.3 Å². The van der Waals surface area contributed by atoms with Gasteiger partial charge in [-0.15, -0.1) is 8.78 Å². The predicted octanol–water partition coefficient (Wildman–Crippen LogP) is 1.81. The Kier molecular flexibility index (Phi) is 1.99. The van der Waals surface area contributed by atoms with Crippen LogP contribution in [0.3, 0.4) is 0 Å². The molecule has 0 N–H and O–H groups in total. The second-order valence-corrected chi connectivity index (χ2v) is 2.01. The average Bonchev–Trinajstić information content (AvgIpc) is 1.82. The van der Waals surface area contributed by atoms with Crippen molar-refractivity contribution in [3.8, 4) is 0 Å². The highest BCUT2D eigenvalue weighted by Gasteiger charge is 2.62. The van der Waals surface area contributed by atoms with E-state index in [-0.39, 0.29) is 0 Å². The lowest BCUT2D eigenvalue weighted by Gasteiger charge is -2.32. The van der Waals surface area contributed by atoms with Crippen LogP contribution in [0.4, 0.5) is 26.3 Å². The summed E-state index contributed by atoms with van der Waals surface area (Å²) in [4.78, 5) is 0. The lowest BCUT2D eigenvalue weighted by molar-refractivity contribution is -0.515. The number of hydrogen-bond acceptors (Lipinski definition) is 2. The maximum Gasteiger partial charge on any atom is 0.490 e. The van der Waals surface area contributed by atoms with Crippen molar-refractivity contribution in [1.82, 2.24) is 0 Å². The van der Waals surface area contributed by atoms with Gasteiger partial charge in [-0.2, -0.15) is 8.78 Å². The van der Waals surface area contributed by atoms with Crippen LogP contribution < -0.4 is 0 Å². The predicted molar refractivity (Wildman–Crippen MR) is 21.9 cm³/mol. The Morgan fingerprint density at radius 2 is 1.17 bits per heavy atom. The van der Waals surface area contributed by atoms with Gasteiger partial charge >= 0.3 is 12.2 Å². The average molecular weight is 196 g/mol. The van der Waals surface area contributed by atoms with Gasteiger partial charge in [0.05, 0.1) is 0 Å². The van der Waals surface area contributed by atoms with Crippen molar-refractivity contribution < 1.29 is 35.8 Å². The molecule has 0 amide bonds. The molecule has 0 aliphatic carbocycles. The number of alkyl halides is 6. The van der Waals surface area contributed by atoms with Crippen LogP contribution in [-0.2, 0) is 9.47 Å². The summed E-state index contributed by atoms with van der Waals surface area (Å²) in [5.74, 6) is -4.71. The van der Waals surface area contributed by atoms with Crippen molar-refractivity contribution in [1.29, 1.82) is 0 Å². The zero-order valence-corrected chi connectivity index (χ0v) is 5.24.